The summed E-state index contributed by atoms with van der Waals surface area (Å²) < 4.78 is 1.86. The minimum atomic E-state index is -0.0360. The molecule has 0 saturated carbocycles. The van der Waals surface area contributed by atoms with Gasteiger partial charge >= 0.3 is 0 Å². The van der Waals surface area contributed by atoms with Crippen LogP contribution in [0.4, 0.5) is 10.9 Å². The number of rotatable bonds is 6. The van der Waals surface area contributed by atoms with Gasteiger partial charge in [0, 0.05) is 46.7 Å². The van der Waals surface area contributed by atoms with Crippen LogP contribution in [0.3, 0.4) is 0 Å². The van der Waals surface area contributed by atoms with Crippen molar-refractivity contribution in [3.8, 4) is 0 Å². The molecular formula is C22H22BrN5O2S2. The van der Waals surface area contributed by atoms with E-state index in [4.69, 9.17) is 0 Å². The molecule has 1 fully saturated rings. The van der Waals surface area contributed by atoms with Crippen LogP contribution >= 0.6 is 39.0 Å². The van der Waals surface area contributed by atoms with E-state index in [9.17, 15) is 9.59 Å². The summed E-state index contributed by atoms with van der Waals surface area (Å²) in [5, 5.41) is 7.18. The molecule has 7 nitrogen and oxygen atoms in total. The van der Waals surface area contributed by atoms with E-state index in [1.807, 2.05) is 30.0 Å². The largest absolute Gasteiger partial charge is 0.336 e. The van der Waals surface area contributed by atoms with Crippen molar-refractivity contribution in [2.45, 2.75) is 23.0 Å². The summed E-state index contributed by atoms with van der Waals surface area (Å²) in [6.45, 7) is 6.42. The highest BCUT2D eigenvalue weighted by Crippen LogP contribution is 2.37. The number of anilines is 2. The van der Waals surface area contributed by atoms with Crippen molar-refractivity contribution in [2.24, 2.45) is 0 Å². The normalized spacial score (nSPS) is 13.8. The van der Waals surface area contributed by atoms with Crippen molar-refractivity contribution < 1.29 is 9.59 Å². The number of halogens is 1. The number of hydrogen-bond donors (Lipinski definition) is 2. The Balaban J connectivity index is 1.54. The van der Waals surface area contributed by atoms with Gasteiger partial charge in [0.15, 0.2) is 10.9 Å². The van der Waals surface area contributed by atoms with Gasteiger partial charge < -0.3 is 15.5 Å². The number of carbonyl (C=O) groups is 2. The fourth-order valence-corrected chi connectivity index (χ4v) is 5.56. The van der Waals surface area contributed by atoms with Crippen LogP contribution in [0.2, 0.25) is 0 Å². The number of amides is 1. The molecule has 3 heterocycles. The highest BCUT2D eigenvalue weighted by Gasteiger charge is 2.20. The molecule has 1 aromatic carbocycles. The molecule has 1 saturated heterocycles. The van der Waals surface area contributed by atoms with E-state index in [2.05, 4.69) is 36.5 Å². The average molecular weight is 532 g/mol. The Kier molecular flexibility index (Phi) is 7.24. The van der Waals surface area contributed by atoms with E-state index in [0.29, 0.717) is 35.2 Å². The summed E-state index contributed by atoms with van der Waals surface area (Å²) in [4.78, 5) is 36.6. The average Bonchev–Trinajstić information content (AvgIpc) is 3.22. The topological polar surface area (TPSA) is 87.2 Å². The Morgan fingerprint density at radius 2 is 2.00 bits per heavy atom. The van der Waals surface area contributed by atoms with Gasteiger partial charge in [0.05, 0.1) is 16.1 Å². The fourth-order valence-electron chi connectivity index (χ4n) is 3.28. The fraction of sp³-hybridized carbons (Fsp3) is 0.273. The Hall–Kier alpha value is -2.27. The van der Waals surface area contributed by atoms with Gasteiger partial charge in [-0.3, -0.25) is 9.59 Å². The molecule has 1 aliphatic heterocycles. The van der Waals surface area contributed by atoms with Crippen molar-refractivity contribution in [3.05, 3.63) is 57.8 Å². The Morgan fingerprint density at radius 1 is 1.22 bits per heavy atom. The Bertz CT molecular complexity index is 1160. The number of aryl methyl sites for hydroxylation is 1. The Labute approximate surface area is 203 Å². The lowest BCUT2D eigenvalue weighted by Gasteiger charge is -2.27. The van der Waals surface area contributed by atoms with Crippen LogP contribution in [0.15, 0.2) is 50.1 Å². The van der Waals surface area contributed by atoms with E-state index in [0.717, 1.165) is 32.4 Å². The van der Waals surface area contributed by atoms with Crippen molar-refractivity contribution in [3.63, 3.8) is 0 Å². The van der Waals surface area contributed by atoms with Gasteiger partial charge in [-0.25, -0.2) is 9.97 Å². The van der Waals surface area contributed by atoms with E-state index in [1.54, 1.807) is 25.3 Å². The standard InChI is InChI=1S/C22H22BrN5O2S2/c1-13-17(23)5-6-19(26-13)27-22-25-12-20(32-22)31-18-11-15(3-4-16(18)14(2)29)21(30)28-9-7-24-8-10-28/h3-6,11-12,24H,7-10H2,1-2H3,(H,25,26,27). The maximum Gasteiger partial charge on any atom is 0.253 e. The number of aromatic nitrogens is 2. The second kappa shape index (κ2) is 10.1. The monoisotopic (exact) mass is 531 g/mol. The molecule has 2 N–H and O–H groups in total. The first-order valence-corrected chi connectivity index (χ1v) is 12.5. The van der Waals surface area contributed by atoms with Gasteiger partial charge in [0.2, 0.25) is 0 Å². The van der Waals surface area contributed by atoms with Crippen LogP contribution in [-0.2, 0) is 0 Å². The molecule has 0 atom stereocenters. The zero-order valence-corrected chi connectivity index (χ0v) is 20.9. The summed E-state index contributed by atoms with van der Waals surface area (Å²) in [6.07, 6.45) is 1.76. The van der Waals surface area contributed by atoms with Crippen LogP contribution in [-0.4, -0.2) is 52.7 Å². The molecule has 0 unspecified atom stereocenters. The molecule has 1 aliphatic rings. The quantitative estimate of drug-likeness (QED) is 0.443. The maximum atomic E-state index is 12.9. The molecule has 32 heavy (non-hydrogen) atoms. The number of Topliss-reactive ketones (excluding diaryl/α,β-unsaturated/α-hetero) is 1. The SMILES string of the molecule is CC(=O)c1ccc(C(=O)N2CCNCC2)cc1Sc1cnc(Nc2ccc(Br)c(C)n2)s1. The summed E-state index contributed by atoms with van der Waals surface area (Å²) >= 11 is 6.36. The smallest absolute Gasteiger partial charge is 0.253 e. The minimum Gasteiger partial charge on any atom is -0.336 e. The summed E-state index contributed by atoms with van der Waals surface area (Å²) in [5.41, 5.74) is 2.08. The van der Waals surface area contributed by atoms with Crippen molar-refractivity contribution in [1.82, 2.24) is 20.2 Å². The lowest BCUT2D eigenvalue weighted by atomic mass is 10.1. The highest BCUT2D eigenvalue weighted by molar-refractivity contribution is 9.10. The number of ketones is 1. The zero-order valence-electron chi connectivity index (χ0n) is 17.6. The molecule has 0 spiro atoms. The second-order valence-corrected chi connectivity index (χ2v) is 10.5. The van der Waals surface area contributed by atoms with Gasteiger partial charge in [0.1, 0.15) is 5.82 Å². The summed E-state index contributed by atoms with van der Waals surface area (Å²) in [7, 11) is 0. The van der Waals surface area contributed by atoms with Gasteiger partial charge in [-0.15, -0.1) is 0 Å². The number of carbonyl (C=O) groups excluding carboxylic acids is 2. The highest BCUT2D eigenvalue weighted by atomic mass is 79.9. The van der Waals surface area contributed by atoms with Crippen LogP contribution in [0.1, 0.15) is 33.3 Å². The maximum absolute atomic E-state index is 12.9. The molecule has 0 aliphatic carbocycles. The van der Waals surface area contributed by atoms with E-state index < -0.39 is 0 Å². The third-order valence-corrected chi connectivity index (χ3v) is 7.87. The number of hydrogen-bond acceptors (Lipinski definition) is 8. The molecular weight excluding hydrogens is 510 g/mol. The number of nitrogens with zero attached hydrogens (tertiary/aromatic N) is 3. The summed E-state index contributed by atoms with van der Waals surface area (Å²) in [6, 6.07) is 9.12. The third kappa shape index (κ3) is 5.37. The van der Waals surface area contributed by atoms with E-state index in [1.165, 1.54) is 23.1 Å². The number of thiazole rings is 1. The molecule has 3 aromatic rings. The zero-order chi connectivity index (χ0) is 22.7. The number of nitrogens with one attached hydrogen (secondary N) is 2. The molecule has 166 valence electrons. The number of piperazine rings is 1. The first kappa shape index (κ1) is 22.9. The molecule has 0 bridgehead atoms. The van der Waals surface area contributed by atoms with Crippen molar-refractivity contribution in [2.75, 3.05) is 31.5 Å². The molecule has 4 rings (SSSR count). The van der Waals surface area contributed by atoms with Gasteiger partial charge in [-0.1, -0.05) is 23.1 Å². The summed E-state index contributed by atoms with van der Waals surface area (Å²) in [5.74, 6) is 0.669. The van der Waals surface area contributed by atoms with Crippen LogP contribution < -0.4 is 10.6 Å². The van der Waals surface area contributed by atoms with Crippen molar-refractivity contribution >= 4 is 61.7 Å². The molecule has 1 amide bonds. The van der Waals surface area contributed by atoms with Gasteiger partial charge in [-0.2, -0.15) is 0 Å². The van der Waals surface area contributed by atoms with E-state index >= 15 is 0 Å². The van der Waals surface area contributed by atoms with Crippen LogP contribution in [0.25, 0.3) is 0 Å². The number of benzene rings is 1. The van der Waals surface area contributed by atoms with Gasteiger partial charge in [0.25, 0.3) is 5.91 Å². The first-order chi connectivity index (χ1) is 15.4. The molecule has 2 aromatic heterocycles. The predicted molar refractivity (Wildman–Crippen MR) is 131 cm³/mol. The minimum absolute atomic E-state index is 0.00760. The Morgan fingerprint density at radius 3 is 2.72 bits per heavy atom. The number of pyridine rings is 1. The van der Waals surface area contributed by atoms with Crippen LogP contribution in [0.5, 0.6) is 0 Å². The molecule has 10 heteroatoms. The van der Waals surface area contributed by atoms with Crippen molar-refractivity contribution in [1.29, 1.82) is 0 Å². The first-order valence-electron chi connectivity index (χ1n) is 10.1. The van der Waals surface area contributed by atoms with Gasteiger partial charge in [-0.05, 0) is 60.1 Å². The lowest BCUT2D eigenvalue weighted by Crippen LogP contribution is -2.46. The third-order valence-electron chi connectivity index (χ3n) is 4.96. The van der Waals surface area contributed by atoms with Crippen LogP contribution in [0, 0.1) is 6.92 Å². The predicted octanol–water partition coefficient (Wildman–Crippen LogP) is 4.75. The van der Waals surface area contributed by atoms with E-state index in [-0.39, 0.29) is 11.7 Å². The lowest BCUT2D eigenvalue weighted by molar-refractivity contribution is 0.0735. The second-order valence-electron chi connectivity index (χ2n) is 7.28. The molecule has 0 radical (unpaired) electrons.